The second-order valence-corrected chi connectivity index (χ2v) is 2.81. The molecule has 0 spiro atoms. The number of hydrogen-bond donors (Lipinski definition) is 1. The summed E-state index contributed by atoms with van der Waals surface area (Å²) < 4.78 is 37.3. The fourth-order valence-corrected chi connectivity index (χ4v) is 1.12. The largest absolute Gasteiger partial charge is 0.319 e. The molecule has 0 heterocycles. The molecule has 13 heavy (non-hydrogen) atoms. The Hall–Kier alpha value is -1.03. The third-order valence-corrected chi connectivity index (χ3v) is 1.94. The van der Waals surface area contributed by atoms with Gasteiger partial charge in [0.1, 0.15) is 5.82 Å². The monoisotopic (exact) mass is 189 g/mol. The molecule has 0 radical (unpaired) electrons. The summed E-state index contributed by atoms with van der Waals surface area (Å²) in [6.07, 6.45) is -2.67. The Morgan fingerprint density at radius 2 is 1.92 bits per heavy atom. The smallest absolute Gasteiger partial charge is 0.257 e. The Kier molecular flexibility index (Phi) is 2.93. The first kappa shape index (κ1) is 10.1. The second kappa shape index (κ2) is 3.79. The SMILES string of the molecule is Cc1c(F)cccc1C(N)C(F)F. The first-order chi connectivity index (χ1) is 6.04. The average molecular weight is 189 g/mol. The van der Waals surface area contributed by atoms with Crippen LogP contribution in [0.25, 0.3) is 0 Å². The van der Waals surface area contributed by atoms with Crippen molar-refractivity contribution in [2.75, 3.05) is 0 Å². The van der Waals surface area contributed by atoms with Crippen LogP contribution in [0.1, 0.15) is 17.2 Å². The zero-order chi connectivity index (χ0) is 10.0. The molecule has 0 aliphatic carbocycles. The summed E-state index contributed by atoms with van der Waals surface area (Å²) in [7, 11) is 0. The lowest BCUT2D eigenvalue weighted by molar-refractivity contribution is 0.116. The molecule has 0 aliphatic rings. The van der Waals surface area contributed by atoms with Crippen molar-refractivity contribution in [1.29, 1.82) is 0 Å². The highest BCUT2D eigenvalue weighted by atomic mass is 19.3. The maximum atomic E-state index is 12.9. The fourth-order valence-electron chi connectivity index (χ4n) is 1.12. The maximum absolute atomic E-state index is 12.9. The highest BCUT2D eigenvalue weighted by Gasteiger charge is 2.20. The van der Waals surface area contributed by atoms with E-state index < -0.39 is 18.3 Å². The topological polar surface area (TPSA) is 26.0 Å². The van der Waals surface area contributed by atoms with Crippen molar-refractivity contribution in [2.45, 2.75) is 19.4 Å². The molecule has 0 bridgehead atoms. The van der Waals surface area contributed by atoms with E-state index in [0.717, 1.165) is 0 Å². The van der Waals surface area contributed by atoms with Crippen molar-refractivity contribution >= 4 is 0 Å². The number of benzene rings is 1. The summed E-state index contributed by atoms with van der Waals surface area (Å²) in [6, 6.07) is 2.60. The van der Waals surface area contributed by atoms with E-state index >= 15 is 0 Å². The number of halogens is 3. The minimum atomic E-state index is -2.67. The van der Waals surface area contributed by atoms with E-state index in [2.05, 4.69) is 0 Å². The minimum Gasteiger partial charge on any atom is -0.319 e. The summed E-state index contributed by atoms with van der Waals surface area (Å²) in [4.78, 5) is 0. The van der Waals surface area contributed by atoms with Crippen LogP contribution in [-0.4, -0.2) is 6.43 Å². The van der Waals surface area contributed by atoms with Gasteiger partial charge in [-0.05, 0) is 24.1 Å². The quantitative estimate of drug-likeness (QED) is 0.759. The molecule has 4 heteroatoms. The van der Waals surface area contributed by atoms with Gasteiger partial charge in [-0.15, -0.1) is 0 Å². The summed E-state index contributed by atoms with van der Waals surface area (Å²) in [6.45, 7) is 1.44. The Morgan fingerprint density at radius 1 is 1.31 bits per heavy atom. The van der Waals surface area contributed by atoms with Crippen molar-refractivity contribution in [3.63, 3.8) is 0 Å². The standard InChI is InChI=1S/C9H10F3N/c1-5-6(8(13)9(11)12)3-2-4-7(5)10/h2-4,8-9H,13H2,1H3. The van der Waals surface area contributed by atoms with Crippen LogP contribution in [0.3, 0.4) is 0 Å². The lowest BCUT2D eigenvalue weighted by atomic mass is 10.0. The molecule has 1 aromatic rings. The molecule has 1 aromatic carbocycles. The molecule has 72 valence electrons. The van der Waals surface area contributed by atoms with Gasteiger partial charge in [0.05, 0.1) is 6.04 Å². The normalized spacial score (nSPS) is 13.4. The van der Waals surface area contributed by atoms with E-state index in [1.165, 1.54) is 25.1 Å². The van der Waals surface area contributed by atoms with Crippen molar-refractivity contribution in [2.24, 2.45) is 5.73 Å². The molecule has 1 rings (SSSR count). The third kappa shape index (κ3) is 2.01. The Labute approximate surface area is 74.4 Å². The summed E-state index contributed by atoms with van der Waals surface area (Å²) in [5.74, 6) is -0.506. The van der Waals surface area contributed by atoms with Gasteiger partial charge >= 0.3 is 0 Å². The highest BCUT2D eigenvalue weighted by molar-refractivity contribution is 5.30. The van der Waals surface area contributed by atoms with Gasteiger partial charge in [-0.3, -0.25) is 0 Å². The van der Waals surface area contributed by atoms with E-state index in [1.54, 1.807) is 0 Å². The first-order valence-electron chi connectivity index (χ1n) is 3.82. The molecule has 0 saturated heterocycles. The predicted octanol–water partition coefficient (Wildman–Crippen LogP) is 2.40. The highest BCUT2D eigenvalue weighted by Crippen LogP contribution is 2.22. The fraction of sp³-hybridized carbons (Fsp3) is 0.333. The summed E-state index contributed by atoms with van der Waals surface area (Å²) >= 11 is 0. The summed E-state index contributed by atoms with van der Waals surface area (Å²) in [5.41, 5.74) is 5.54. The van der Waals surface area contributed by atoms with Crippen LogP contribution in [0.15, 0.2) is 18.2 Å². The van der Waals surface area contributed by atoms with Gasteiger partial charge in [-0.25, -0.2) is 13.2 Å². The lowest BCUT2D eigenvalue weighted by Gasteiger charge is -2.13. The van der Waals surface area contributed by atoms with Crippen LogP contribution < -0.4 is 5.73 Å². The summed E-state index contributed by atoms with van der Waals surface area (Å²) in [5, 5.41) is 0. The van der Waals surface area contributed by atoms with Crippen LogP contribution in [0.4, 0.5) is 13.2 Å². The zero-order valence-corrected chi connectivity index (χ0v) is 7.10. The molecule has 1 nitrogen and oxygen atoms in total. The van der Waals surface area contributed by atoms with Crippen LogP contribution in [0.5, 0.6) is 0 Å². The molecule has 0 amide bonds. The van der Waals surface area contributed by atoms with Gasteiger partial charge in [-0.1, -0.05) is 12.1 Å². The molecule has 1 unspecified atom stereocenters. The van der Waals surface area contributed by atoms with E-state index in [4.69, 9.17) is 5.73 Å². The van der Waals surface area contributed by atoms with E-state index in [0.29, 0.717) is 0 Å². The molecule has 0 saturated carbocycles. The molecule has 2 N–H and O–H groups in total. The molecule has 0 aliphatic heterocycles. The lowest BCUT2D eigenvalue weighted by Crippen LogP contribution is -2.20. The molecule has 0 fully saturated rings. The van der Waals surface area contributed by atoms with Crippen LogP contribution in [0.2, 0.25) is 0 Å². The van der Waals surface area contributed by atoms with Crippen molar-refractivity contribution in [3.8, 4) is 0 Å². The van der Waals surface area contributed by atoms with Crippen LogP contribution in [0, 0.1) is 12.7 Å². The van der Waals surface area contributed by atoms with Crippen molar-refractivity contribution < 1.29 is 13.2 Å². The first-order valence-corrected chi connectivity index (χ1v) is 3.82. The molecular formula is C9H10F3N. The minimum absolute atomic E-state index is 0.162. The maximum Gasteiger partial charge on any atom is 0.257 e. The van der Waals surface area contributed by atoms with Gasteiger partial charge in [-0.2, -0.15) is 0 Å². The number of rotatable bonds is 2. The van der Waals surface area contributed by atoms with E-state index in [9.17, 15) is 13.2 Å². The Morgan fingerprint density at radius 3 is 2.46 bits per heavy atom. The third-order valence-electron chi connectivity index (χ3n) is 1.94. The van der Waals surface area contributed by atoms with Crippen LogP contribution in [-0.2, 0) is 0 Å². The predicted molar refractivity (Wildman–Crippen MR) is 44.1 cm³/mol. The second-order valence-electron chi connectivity index (χ2n) is 2.81. The average Bonchev–Trinajstić information content (AvgIpc) is 2.08. The molecule has 0 aromatic heterocycles. The van der Waals surface area contributed by atoms with E-state index in [-0.39, 0.29) is 11.1 Å². The van der Waals surface area contributed by atoms with Gasteiger partial charge in [0.25, 0.3) is 6.43 Å². The molecular weight excluding hydrogens is 179 g/mol. The van der Waals surface area contributed by atoms with Gasteiger partial charge in [0.2, 0.25) is 0 Å². The zero-order valence-electron chi connectivity index (χ0n) is 7.10. The van der Waals surface area contributed by atoms with Crippen LogP contribution >= 0.6 is 0 Å². The Balaban J connectivity index is 3.07. The Bertz CT molecular complexity index is 299. The number of nitrogens with two attached hydrogens (primary N) is 1. The van der Waals surface area contributed by atoms with Gasteiger partial charge < -0.3 is 5.73 Å². The van der Waals surface area contributed by atoms with Gasteiger partial charge in [0, 0.05) is 0 Å². The number of hydrogen-bond acceptors (Lipinski definition) is 1. The van der Waals surface area contributed by atoms with E-state index in [1.807, 2.05) is 0 Å². The van der Waals surface area contributed by atoms with Gasteiger partial charge in [0.15, 0.2) is 0 Å². The molecule has 1 atom stereocenters. The van der Waals surface area contributed by atoms with Crippen molar-refractivity contribution in [1.82, 2.24) is 0 Å². The van der Waals surface area contributed by atoms with Crippen molar-refractivity contribution in [3.05, 3.63) is 35.1 Å². The number of alkyl halides is 2.